The maximum absolute atomic E-state index is 3.55. The topological polar surface area (TPSA) is 15.3 Å². The standard InChI is InChI=1S/C14H28N2S/c1-3-8-16(14-6-9-17-12(14)2)11-13-5-4-7-15-10-13/h12-15H,3-11H2,1-2H3. The molecule has 0 amide bonds. The lowest BCUT2D eigenvalue weighted by Gasteiger charge is -2.35. The van der Waals surface area contributed by atoms with Crippen molar-refractivity contribution in [2.45, 2.75) is 50.8 Å². The first-order valence-corrected chi connectivity index (χ1v) is 8.42. The summed E-state index contributed by atoms with van der Waals surface area (Å²) >= 11 is 2.16. The van der Waals surface area contributed by atoms with Crippen molar-refractivity contribution in [2.24, 2.45) is 5.92 Å². The first-order chi connectivity index (χ1) is 8.31. The van der Waals surface area contributed by atoms with Gasteiger partial charge in [-0.25, -0.2) is 0 Å². The fourth-order valence-electron chi connectivity index (χ4n) is 3.29. The molecule has 2 nitrogen and oxygen atoms in total. The molecule has 2 rings (SSSR count). The van der Waals surface area contributed by atoms with E-state index >= 15 is 0 Å². The lowest BCUT2D eigenvalue weighted by molar-refractivity contribution is 0.154. The van der Waals surface area contributed by atoms with Gasteiger partial charge >= 0.3 is 0 Å². The van der Waals surface area contributed by atoms with E-state index < -0.39 is 0 Å². The Morgan fingerprint density at radius 3 is 2.82 bits per heavy atom. The van der Waals surface area contributed by atoms with Gasteiger partial charge in [0.05, 0.1) is 0 Å². The van der Waals surface area contributed by atoms with Gasteiger partial charge in [0.25, 0.3) is 0 Å². The van der Waals surface area contributed by atoms with Gasteiger partial charge in [0, 0.05) is 17.8 Å². The number of nitrogens with zero attached hydrogens (tertiary/aromatic N) is 1. The highest BCUT2D eigenvalue weighted by atomic mass is 32.2. The van der Waals surface area contributed by atoms with Crippen LogP contribution in [0.1, 0.15) is 39.5 Å². The largest absolute Gasteiger partial charge is 0.316 e. The van der Waals surface area contributed by atoms with E-state index in [2.05, 4.69) is 35.8 Å². The van der Waals surface area contributed by atoms with E-state index in [4.69, 9.17) is 0 Å². The Bertz CT molecular complexity index is 216. The lowest BCUT2D eigenvalue weighted by atomic mass is 9.97. The summed E-state index contributed by atoms with van der Waals surface area (Å²) in [6, 6.07) is 0.849. The van der Waals surface area contributed by atoms with Crippen LogP contribution in [-0.4, -0.2) is 48.1 Å². The molecule has 3 heteroatoms. The van der Waals surface area contributed by atoms with Gasteiger partial charge in [-0.15, -0.1) is 0 Å². The number of hydrogen-bond acceptors (Lipinski definition) is 3. The smallest absolute Gasteiger partial charge is 0.0219 e. The van der Waals surface area contributed by atoms with Crippen LogP contribution >= 0.6 is 11.8 Å². The van der Waals surface area contributed by atoms with Crippen LogP contribution in [0.3, 0.4) is 0 Å². The molecule has 0 aromatic rings. The first kappa shape index (κ1) is 13.7. The van der Waals surface area contributed by atoms with Crippen molar-refractivity contribution in [3.05, 3.63) is 0 Å². The third-order valence-electron chi connectivity index (χ3n) is 4.21. The Morgan fingerprint density at radius 1 is 1.35 bits per heavy atom. The summed E-state index contributed by atoms with van der Waals surface area (Å²) in [5, 5.41) is 4.40. The van der Waals surface area contributed by atoms with Crippen LogP contribution in [0.5, 0.6) is 0 Å². The van der Waals surface area contributed by atoms with Crippen LogP contribution in [0.4, 0.5) is 0 Å². The second-order valence-electron chi connectivity index (χ2n) is 5.64. The van der Waals surface area contributed by atoms with Gasteiger partial charge in [0.15, 0.2) is 0 Å². The molecular weight excluding hydrogens is 228 g/mol. The highest BCUT2D eigenvalue weighted by molar-refractivity contribution is 8.00. The van der Waals surface area contributed by atoms with Crippen molar-refractivity contribution in [2.75, 3.05) is 31.9 Å². The van der Waals surface area contributed by atoms with E-state index in [1.165, 1.54) is 57.6 Å². The predicted molar refractivity (Wildman–Crippen MR) is 77.8 cm³/mol. The number of nitrogens with one attached hydrogen (secondary N) is 1. The van der Waals surface area contributed by atoms with Crippen LogP contribution in [0.15, 0.2) is 0 Å². The van der Waals surface area contributed by atoms with Crippen molar-refractivity contribution in [3.8, 4) is 0 Å². The van der Waals surface area contributed by atoms with Gasteiger partial charge in [-0.05, 0) is 57.0 Å². The van der Waals surface area contributed by atoms with Gasteiger partial charge in [0.2, 0.25) is 0 Å². The molecule has 2 aliphatic heterocycles. The number of thioether (sulfide) groups is 1. The maximum atomic E-state index is 3.55. The van der Waals surface area contributed by atoms with E-state index in [0.29, 0.717) is 0 Å². The normalized spacial score (nSPS) is 34.4. The van der Waals surface area contributed by atoms with Crippen LogP contribution < -0.4 is 5.32 Å². The van der Waals surface area contributed by atoms with Crippen molar-refractivity contribution >= 4 is 11.8 Å². The van der Waals surface area contributed by atoms with Crippen LogP contribution in [-0.2, 0) is 0 Å². The summed E-state index contributed by atoms with van der Waals surface area (Å²) < 4.78 is 0. The first-order valence-electron chi connectivity index (χ1n) is 7.37. The Kier molecular flexibility index (Phi) is 5.64. The third kappa shape index (κ3) is 3.87. The molecule has 0 radical (unpaired) electrons. The molecule has 1 N–H and O–H groups in total. The Morgan fingerprint density at radius 2 is 2.24 bits per heavy atom. The molecule has 0 aromatic carbocycles. The van der Waals surface area contributed by atoms with E-state index in [1.54, 1.807) is 0 Å². The monoisotopic (exact) mass is 256 g/mol. The van der Waals surface area contributed by atoms with Gasteiger partial charge < -0.3 is 5.32 Å². The third-order valence-corrected chi connectivity index (χ3v) is 5.52. The van der Waals surface area contributed by atoms with Gasteiger partial charge in [-0.2, -0.15) is 11.8 Å². The molecule has 3 unspecified atom stereocenters. The predicted octanol–water partition coefficient (Wildman–Crippen LogP) is 2.59. The van der Waals surface area contributed by atoms with Gasteiger partial charge in [-0.3, -0.25) is 4.90 Å². The Hall–Kier alpha value is 0.270. The zero-order valence-electron chi connectivity index (χ0n) is 11.5. The summed E-state index contributed by atoms with van der Waals surface area (Å²) in [6.07, 6.45) is 5.51. The minimum atomic E-state index is 0.845. The Balaban J connectivity index is 1.86. The van der Waals surface area contributed by atoms with E-state index in [-0.39, 0.29) is 0 Å². The molecule has 0 bridgehead atoms. The van der Waals surface area contributed by atoms with Crippen molar-refractivity contribution in [1.82, 2.24) is 10.2 Å². The zero-order chi connectivity index (χ0) is 12.1. The van der Waals surface area contributed by atoms with Crippen molar-refractivity contribution in [1.29, 1.82) is 0 Å². The van der Waals surface area contributed by atoms with E-state index in [9.17, 15) is 0 Å². The summed E-state index contributed by atoms with van der Waals surface area (Å²) in [7, 11) is 0. The SMILES string of the molecule is CCCN(CC1CCCNC1)C1CCSC1C. The molecule has 0 spiro atoms. The molecule has 3 atom stereocenters. The molecule has 2 heterocycles. The highest BCUT2D eigenvalue weighted by Gasteiger charge is 2.30. The average Bonchev–Trinajstić information content (AvgIpc) is 2.76. The lowest BCUT2D eigenvalue weighted by Crippen LogP contribution is -2.45. The molecule has 17 heavy (non-hydrogen) atoms. The quantitative estimate of drug-likeness (QED) is 0.814. The minimum Gasteiger partial charge on any atom is -0.316 e. The van der Waals surface area contributed by atoms with Gasteiger partial charge in [0.1, 0.15) is 0 Å². The van der Waals surface area contributed by atoms with Crippen molar-refractivity contribution < 1.29 is 0 Å². The average molecular weight is 256 g/mol. The van der Waals surface area contributed by atoms with Gasteiger partial charge in [-0.1, -0.05) is 13.8 Å². The minimum absolute atomic E-state index is 0.845. The second kappa shape index (κ2) is 7.01. The molecule has 2 aliphatic rings. The van der Waals surface area contributed by atoms with E-state index in [0.717, 1.165) is 17.2 Å². The fraction of sp³-hybridized carbons (Fsp3) is 1.00. The molecule has 0 saturated carbocycles. The second-order valence-corrected chi connectivity index (χ2v) is 7.12. The molecule has 0 aliphatic carbocycles. The van der Waals surface area contributed by atoms with Crippen LogP contribution in [0.25, 0.3) is 0 Å². The molecule has 2 fully saturated rings. The molecular formula is C14H28N2S. The van der Waals surface area contributed by atoms with Crippen molar-refractivity contribution in [3.63, 3.8) is 0 Å². The number of hydrogen-bond donors (Lipinski definition) is 1. The molecule has 100 valence electrons. The number of rotatable bonds is 5. The maximum Gasteiger partial charge on any atom is 0.0219 e. The fourth-order valence-corrected chi connectivity index (χ4v) is 4.57. The summed E-state index contributed by atoms with van der Waals surface area (Å²) in [5.74, 6) is 2.27. The van der Waals surface area contributed by atoms with E-state index in [1.807, 2.05) is 0 Å². The summed E-state index contributed by atoms with van der Waals surface area (Å²) in [5.41, 5.74) is 0. The highest BCUT2D eigenvalue weighted by Crippen LogP contribution is 2.31. The van der Waals surface area contributed by atoms with Crippen LogP contribution in [0.2, 0.25) is 0 Å². The zero-order valence-corrected chi connectivity index (χ0v) is 12.3. The summed E-state index contributed by atoms with van der Waals surface area (Å²) in [6.45, 7) is 9.85. The molecule has 2 saturated heterocycles. The van der Waals surface area contributed by atoms with Crippen LogP contribution in [0, 0.1) is 5.92 Å². The Labute approximate surface area is 111 Å². The molecule has 0 aromatic heterocycles. The summed E-state index contributed by atoms with van der Waals surface area (Å²) in [4.78, 5) is 2.79. The number of piperidine rings is 1.